The standard InChI is InChI=1S/C19H24N2O5S3/c1-2-18-17-8-14-27-19(17)7-9-21(18)29(24,25)16-5-3-15(4-6-16)28(22,23)20-10-12-26-13-11-20/h3-6,8,14,18H,2,7,9-13H2,1H3/t18-/m1/s1. The van der Waals surface area contributed by atoms with Gasteiger partial charge in [0.15, 0.2) is 0 Å². The Hall–Kier alpha value is -1.30. The van der Waals surface area contributed by atoms with Gasteiger partial charge in [0.2, 0.25) is 20.0 Å². The molecule has 1 aromatic heterocycles. The van der Waals surface area contributed by atoms with Gasteiger partial charge in [0.05, 0.1) is 29.0 Å². The van der Waals surface area contributed by atoms with Crippen LogP contribution in [0, 0.1) is 0 Å². The summed E-state index contributed by atoms with van der Waals surface area (Å²) in [6.07, 6.45) is 1.39. The molecule has 0 N–H and O–H groups in total. The lowest BCUT2D eigenvalue weighted by Gasteiger charge is -2.34. The Morgan fingerprint density at radius 2 is 1.59 bits per heavy atom. The number of benzene rings is 1. The zero-order chi connectivity index (χ0) is 20.6. The van der Waals surface area contributed by atoms with Crippen molar-refractivity contribution in [1.82, 2.24) is 8.61 Å². The molecule has 0 aliphatic carbocycles. The molecule has 1 atom stereocenters. The van der Waals surface area contributed by atoms with E-state index in [1.54, 1.807) is 15.6 Å². The molecule has 29 heavy (non-hydrogen) atoms. The van der Waals surface area contributed by atoms with Gasteiger partial charge in [-0.3, -0.25) is 0 Å². The molecule has 0 spiro atoms. The topological polar surface area (TPSA) is 84.0 Å². The average molecular weight is 457 g/mol. The molecule has 1 fully saturated rings. The highest BCUT2D eigenvalue weighted by Gasteiger charge is 2.36. The highest BCUT2D eigenvalue weighted by atomic mass is 32.2. The fourth-order valence-electron chi connectivity index (χ4n) is 3.94. The maximum absolute atomic E-state index is 13.3. The van der Waals surface area contributed by atoms with Crippen LogP contribution in [0.3, 0.4) is 0 Å². The molecule has 3 heterocycles. The van der Waals surface area contributed by atoms with Gasteiger partial charge >= 0.3 is 0 Å². The Labute approximate surface area is 176 Å². The maximum Gasteiger partial charge on any atom is 0.243 e. The van der Waals surface area contributed by atoms with E-state index >= 15 is 0 Å². The molecule has 7 nitrogen and oxygen atoms in total. The van der Waals surface area contributed by atoms with Crippen LogP contribution in [-0.2, 0) is 31.2 Å². The van der Waals surface area contributed by atoms with Crippen LogP contribution in [0.1, 0.15) is 29.8 Å². The molecule has 2 aliphatic rings. The minimum Gasteiger partial charge on any atom is -0.379 e. The van der Waals surface area contributed by atoms with Crippen LogP contribution in [0.25, 0.3) is 0 Å². The van der Waals surface area contributed by atoms with Crippen LogP contribution >= 0.6 is 11.3 Å². The van der Waals surface area contributed by atoms with E-state index in [-0.39, 0.29) is 15.8 Å². The molecule has 0 bridgehead atoms. The van der Waals surface area contributed by atoms with E-state index in [1.807, 2.05) is 18.4 Å². The molecule has 2 aromatic rings. The van der Waals surface area contributed by atoms with Crippen molar-refractivity contribution in [3.05, 3.63) is 46.2 Å². The summed E-state index contributed by atoms with van der Waals surface area (Å²) >= 11 is 1.67. The fourth-order valence-corrected chi connectivity index (χ4v) is 7.96. The molecule has 1 saturated heterocycles. The largest absolute Gasteiger partial charge is 0.379 e. The number of thiophene rings is 1. The first kappa shape index (κ1) is 21.0. The van der Waals surface area contributed by atoms with Crippen molar-refractivity contribution in [2.45, 2.75) is 35.6 Å². The predicted octanol–water partition coefficient (Wildman–Crippen LogP) is 2.47. The summed E-state index contributed by atoms with van der Waals surface area (Å²) in [6.45, 7) is 3.75. The van der Waals surface area contributed by atoms with Crippen LogP contribution in [0.5, 0.6) is 0 Å². The Bertz CT molecular complexity index is 1070. The molecule has 2 aliphatic heterocycles. The van der Waals surface area contributed by atoms with Crippen molar-refractivity contribution < 1.29 is 21.6 Å². The first-order valence-electron chi connectivity index (χ1n) is 9.62. The van der Waals surface area contributed by atoms with E-state index in [9.17, 15) is 16.8 Å². The minimum atomic E-state index is -3.72. The summed E-state index contributed by atoms with van der Waals surface area (Å²) in [7, 11) is -7.37. The number of sulfonamides is 2. The molecule has 4 rings (SSSR count). The van der Waals surface area contributed by atoms with E-state index in [1.165, 1.54) is 33.4 Å². The second kappa shape index (κ2) is 8.09. The van der Waals surface area contributed by atoms with Crippen LogP contribution < -0.4 is 0 Å². The van der Waals surface area contributed by atoms with Gasteiger partial charge in [-0.05, 0) is 54.1 Å². The maximum atomic E-state index is 13.3. The van der Waals surface area contributed by atoms with Crippen molar-refractivity contribution in [2.75, 3.05) is 32.8 Å². The highest BCUT2D eigenvalue weighted by Crippen LogP contribution is 2.38. The molecule has 0 amide bonds. The third-order valence-electron chi connectivity index (χ3n) is 5.47. The Balaban J connectivity index is 1.61. The quantitative estimate of drug-likeness (QED) is 0.690. The van der Waals surface area contributed by atoms with Crippen LogP contribution in [-0.4, -0.2) is 58.3 Å². The highest BCUT2D eigenvalue weighted by molar-refractivity contribution is 7.89. The molecule has 0 saturated carbocycles. The summed E-state index contributed by atoms with van der Waals surface area (Å²) in [4.78, 5) is 1.47. The lowest BCUT2D eigenvalue weighted by atomic mass is 10.0. The van der Waals surface area contributed by atoms with Crippen molar-refractivity contribution in [3.63, 3.8) is 0 Å². The average Bonchev–Trinajstić information content (AvgIpc) is 3.22. The zero-order valence-corrected chi connectivity index (χ0v) is 18.6. The van der Waals surface area contributed by atoms with Gasteiger partial charge in [0, 0.05) is 24.5 Å². The van der Waals surface area contributed by atoms with Gasteiger partial charge in [0.1, 0.15) is 0 Å². The molecule has 1 aromatic carbocycles. The third kappa shape index (κ3) is 3.77. The summed E-state index contributed by atoms with van der Waals surface area (Å²) in [5.74, 6) is 0. The lowest BCUT2D eigenvalue weighted by molar-refractivity contribution is 0.0730. The normalized spacial score (nSPS) is 21.8. The molecule has 0 radical (unpaired) electrons. The Morgan fingerprint density at radius 3 is 2.21 bits per heavy atom. The SMILES string of the molecule is CC[C@@H]1c2ccsc2CCN1S(=O)(=O)c1ccc(S(=O)(=O)N2CCOCC2)cc1. The summed E-state index contributed by atoms with van der Waals surface area (Å²) in [5, 5.41) is 2.01. The van der Waals surface area contributed by atoms with E-state index in [0.717, 1.165) is 5.56 Å². The summed E-state index contributed by atoms with van der Waals surface area (Å²) in [5.41, 5.74) is 1.08. The third-order valence-corrected chi connectivity index (χ3v) is 10.3. The first-order chi connectivity index (χ1) is 13.9. The van der Waals surface area contributed by atoms with Crippen LogP contribution in [0.2, 0.25) is 0 Å². The van der Waals surface area contributed by atoms with Gasteiger partial charge in [0.25, 0.3) is 0 Å². The Morgan fingerprint density at radius 1 is 0.966 bits per heavy atom. The van der Waals surface area contributed by atoms with Gasteiger partial charge in [-0.25, -0.2) is 16.8 Å². The van der Waals surface area contributed by atoms with E-state index in [0.29, 0.717) is 45.7 Å². The van der Waals surface area contributed by atoms with Gasteiger partial charge < -0.3 is 4.74 Å². The smallest absolute Gasteiger partial charge is 0.243 e. The molecule has 158 valence electrons. The van der Waals surface area contributed by atoms with Crippen molar-refractivity contribution in [1.29, 1.82) is 0 Å². The molecular formula is C19H24N2O5S3. The minimum absolute atomic E-state index is 0.101. The van der Waals surface area contributed by atoms with E-state index in [4.69, 9.17) is 4.74 Å². The number of nitrogens with zero attached hydrogens (tertiary/aromatic N) is 2. The number of hydrogen-bond donors (Lipinski definition) is 0. The van der Waals surface area contributed by atoms with Crippen molar-refractivity contribution in [2.24, 2.45) is 0 Å². The predicted molar refractivity (Wildman–Crippen MR) is 111 cm³/mol. The molecule has 0 unspecified atom stereocenters. The van der Waals surface area contributed by atoms with Gasteiger partial charge in [-0.2, -0.15) is 8.61 Å². The lowest BCUT2D eigenvalue weighted by Crippen LogP contribution is -2.40. The molecular weight excluding hydrogens is 432 g/mol. The summed E-state index contributed by atoms with van der Waals surface area (Å²) in [6, 6.07) is 7.40. The number of morpholine rings is 1. The van der Waals surface area contributed by atoms with Crippen molar-refractivity contribution >= 4 is 31.4 Å². The zero-order valence-electron chi connectivity index (χ0n) is 16.2. The van der Waals surface area contributed by atoms with Gasteiger partial charge in [-0.15, -0.1) is 11.3 Å². The summed E-state index contributed by atoms with van der Waals surface area (Å²) < 4.78 is 60.3. The number of hydrogen-bond acceptors (Lipinski definition) is 6. The Kier molecular flexibility index (Phi) is 5.84. The number of fused-ring (bicyclic) bond motifs is 1. The number of rotatable bonds is 5. The van der Waals surface area contributed by atoms with E-state index in [2.05, 4.69) is 0 Å². The number of ether oxygens (including phenoxy) is 1. The second-order valence-electron chi connectivity index (χ2n) is 7.08. The monoisotopic (exact) mass is 456 g/mol. The van der Waals surface area contributed by atoms with Gasteiger partial charge in [-0.1, -0.05) is 6.92 Å². The fraction of sp³-hybridized carbons (Fsp3) is 0.474. The second-order valence-corrected chi connectivity index (χ2v) is 11.9. The van der Waals surface area contributed by atoms with Crippen LogP contribution in [0.15, 0.2) is 45.5 Å². The first-order valence-corrected chi connectivity index (χ1v) is 13.4. The van der Waals surface area contributed by atoms with Crippen LogP contribution in [0.4, 0.5) is 0 Å². The van der Waals surface area contributed by atoms with E-state index < -0.39 is 20.0 Å². The molecule has 10 heteroatoms. The van der Waals surface area contributed by atoms with Crippen molar-refractivity contribution in [3.8, 4) is 0 Å².